The summed E-state index contributed by atoms with van der Waals surface area (Å²) in [4.78, 5) is 10.3. The van der Waals surface area contributed by atoms with Crippen molar-refractivity contribution in [3.8, 4) is 0 Å². The van der Waals surface area contributed by atoms with Crippen molar-refractivity contribution in [2.75, 3.05) is 0 Å². The molecule has 0 unspecified atom stereocenters. The fourth-order valence-corrected chi connectivity index (χ4v) is 2.02. The Balaban J connectivity index is 4.06. The molecule has 0 saturated heterocycles. The second kappa shape index (κ2) is 13.1. The molecule has 0 bridgehead atoms. The number of aliphatic carboxylic acids is 1. The Morgan fingerprint density at radius 2 is 1.86 bits per heavy atom. The van der Waals surface area contributed by atoms with Crippen LogP contribution in [-0.2, 0) is 4.79 Å². The van der Waals surface area contributed by atoms with E-state index in [9.17, 15) is 4.79 Å². The summed E-state index contributed by atoms with van der Waals surface area (Å²) in [5.74, 6) is 0.316. The predicted octanol–water partition coefficient (Wildman–Crippen LogP) is 5.93. The van der Waals surface area contributed by atoms with E-state index in [4.69, 9.17) is 5.11 Å². The van der Waals surface area contributed by atoms with Crippen LogP contribution >= 0.6 is 0 Å². The van der Waals surface area contributed by atoms with Gasteiger partial charge in [-0.3, -0.25) is 0 Å². The van der Waals surface area contributed by atoms with Crippen molar-refractivity contribution in [3.63, 3.8) is 0 Å². The van der Waals surface area contributed by atoms with Crippen molar-refractivity contribution in [3.05, 3.63) is 48.1 Å². The molecule has 1 N–H and O–H groups in total. The highest BCUT2D eigenvalue weighted by Gasteiger charge is 1.98. The standard InChI is InChI=1S/C20H32O2/c1-5-6-10-17(2)13-15-19(4)16-14-18(3)11-8-7-9-12-20(21)22/h7-9,12-13,15-18H,5-6,10-11,14H2,1-4H3,(H,21,22)/b8-7+,12-9+,15-13+,19-16+/t17-,18+/m0/s1. The Hall–Kier alpha value is -1.57. The molecule has 0 saturated carbocycles. The third-order valence-electron chi connectivity index (χ3n) is 3.57. The van der Waals surface area contributed by atoms with Crippen molar-refractivity contribution < 1.29 is 9.90 Å². The molecule has 0 amide bonds. The van der Waals surface area contributed by atoms with Gasteiger partial charge < -0.3 is 5.11 Å². The number of carbonyl (C=O) groups is 1. The quantitative estimate of drug-likeness (QED) is 0.379. The Bertz CT molecular complexity index is 413. The summed E-state index contributed by atoms with van der Waals surface area (Å²) >= 11 is 0. The van der Waals surface area contributed by atoms with Gasteiger partial charge in [0.2, 0.25) is 0 Å². The first-order valence-electron chi connectivity index (χ1n) is 8.36. The zero-order valence-corrected chi connectivity index (χ0v) is 14.6. The lowest BCUT2D eigenvalue weighted by atomic mass is 10.0. The van der Waals surface area contributed by atoms with Crippen LogP contribution in [0.4, 0.5) is 0 Å². The average molecular weight is 304 g/mol. The number of hydrogen-bond acceptors (Lipinski definition) is 1. The summed E-state index contributed by atoms with van der Waals surface area (Å²) in [5, 5.41) is 8.47. The normalized spacial score (nSPS) is 15.9. The van der Waals surface area contributed by atoms with Crippen LogP contribution in [0.5, 0.6) is 0 Å². The first kappa shape index (κ1) is 20.4. The van der Waals surface area contributed by atoms with Gasteiger partial charge in [0, 0.05) is 6.08 Å². The first-order chi connectivity index (χ1) is 10.5. The van der Waals surface area contributed by atoms with Crippen molar-refractivity contribution in [1.82, 2.24) is 0 Å². The first-order valence-corrected chi connectivity index (χ1v) is 8.36. The molecule has 2 nitrogen and oxygen atoms in total. The van der Waals surface area contributed by atoms with Gasteiger partial charge in [-0.2, -0.15) is 0 Å². The maximum atomic E-state index is 10.3. The third kappa shape index (κ3) is 13.4. The number of rotatable bonds is 11. The summed E-state index contributed by atoms with van der Waals surface area (Å²) < 4.78 is 0. The van der Waals surface area contributed by atoms with Crippen molar-refractivity contribution in [2.24, 2.45) is 11.8 Å². The number of unbranched alkanes of at least 4 members (excludes halogenated alkanes) is 1. The van der Waals surface area contributed by atoms with Crippen LogP contribution in [0, 0.1) is 11.8 Å². The Morgan fingerprint density at radius 3 is 2.50 bits per heavy atom. The van der Waals surface area contributed by atoms with Crippen molar-refractivity contribution >= 4 is 5.97 Å². The predicted molar refractivity (Wildman–Crippen MR) is 95.9 cm³/mol. The van der Waals surface area contributed by atoms with E-state index in [2.05, 4.69) is 45.9 Å². The van der Waals surface area contributed by atoms with Gasteiger partial charge in [0.15, 0.2) is 0 Å². The van der Waals surface area contributed by atoms with Gasteiger partial charge in [-0.1, -0.05) is 75.6 Å². The van der Waals surface area contributed by atoms with E-state index in [1.165, 1.54) is 24.8 Å². The fourth-order valence-electron chi connectivity index (χ4n) is 2.02. The van der Waals surface area contributed by atoms with Gasteiger partial charge in [0.05, 0.1) is 0 Å². The number of carboxylic acids is 1. The van der Waals surface area contributed by atoms with Crippen LogP contribution in [-0.4, -0.2) is 11.1 Å². The van der Waals surface area contributed by atoms with Crippen LogP contribution in [0.25, 0.3) is 0 Å². The molecule has 0 aromatic rings. The van der Waals surface area contributed by atoms with Crippen LogP contribution in [0.1, 0.15) is 59.8 Å². The number of carboxylic acid groups (broad SMARTS) is 1. The van der Waals surface area contributed by atoms with E-state index in [-0.39, 0.29) is 0 Å². The Labute approximate surface area is 136 Å². The van der Waals surface area contributed by atoms with E-state index in [0.29, 0.717) is 11.8 Å². The number of hydrogen-bond donors (Lipinski definition) is 1. The van der Waals surface area contributed by atoms with Gasteiger partial charge in [0.1, 0.15) is 0 Å². The minimum atomic E-state index is -0.906. The largest absolute Gasteiger partial charge is 0.478 e. The lowest BCUT2D eigenvalue weighted by Crippen LogP contribution is -1.91. The molecule has 0 rings (SSSR count). The Kier molecular flexibility index (Phi) is 12.2. The lowest BCUT2D eigenvalue weighted by molar-refractivity contribution is -0.131. The summed E-state index contributed by atoms with van der Waals surface area (Å²) in [6, 6.07) is 0. The summed E-state index contributed by atoms with van der Waals surface area (Å²) in [7, 11) is 0. The molecule has 0 heterocycles. The Morgan fingerprint density at radius 1 is 1.14 bits per heavy atom. The zero-order valence-electron chi connectivity index (χ0n) is 14.6. The van der Waals surface area contributed by atoms with Gasteiger partial charge in [-0.25, -0.2) is 4.79 Å². The zero-order chi connectivity index (χ0) is 16.8. The molecule has 2 heteroatoms. The molecule has 22 heavy (non-hydrogen) atoms. The maximum absolute atomic E-state index is 10.3. The molecule has 0 aliphatic rings. The van der Waals surface area contributed by atoms with Crippen LogP contribution in [0.3, 0.4) is 0 Å². The maximum Gasteiger partial charge on any atom is 0.328 e. The van der Waals surface area contributed by atoms with Crippen LogP contribution in [0.15, 0.2) is 48.1 Å². The lowest BCUT2D eigenvalue weighted by Gasteiger charge is -2.06. The van der Waals surface area contributed by atoms with Crippen LogP contribution < -0.4 is 0 Å². The van der Waals surface area contributed by atoms with E-state index < -0.39 is 5.97 Å². The molecular weight excluding hydrogens is 272 g/mol. The molecule has 0 fully saturated rings. The summed E-state index contributed by atoms with van der Waals surface area (Å²) in [6.45, 7) is 8.87. The molecule has 2 atom stereocenters. The second-order valence-corrected chi connectivity index (χ2v) is 6.13. The molecule has 0 spiro atoms. The molecule has 0 aromatic carbocycles. The van der Waals surface area contributed by atoms with Crippen molar-refractivity contribution in [2.45, 2.75) is 59.8 Å². The highest BCUT2D eigenvalue weighted by Crippen LogP contribution is 2.13. The molecule has 0 aliphatic carbocycles. The molecule has 124 valence electrons. The van der Waals surface area contributed by atoms with E-state index in [1.807, 2.05) is 6.08 Å². The van der Waals surface area contributed by atoms with Gasteiger partial charge >= 0.3 is 5.97 Å². The average Bonchev–Trinajstić information content (AvgIpc) is 2.48. The molecule has 0 aromatic heterocycles. The van der Waals surface area contributed by atoms with E-state index >= 15 is 0 Å². The van der Waals surface area contributed by atoms with E-state index in [1.54, 1.807) is 12.2 Å². The van der Waals surface area contributed by atoms with Crippen LogP contribution in [0.2, 0.25) is 0 Å². The van der Waals surface area contributed by atoms with E-state index in [0.717, 1.165) is 18.9 Å². The molecular formula is C20H32O2. The minimum Gasteiger partial charge on any atom is -0.478 e. The topological polar surface area (TPSA) is 37.3 Å². The minimum absolute atomic E-state index is 0.565. The van der Waals surface area contributed by atoms with Gasteiger partial charge in [0.25, 0.3) is 0 Å². The van der Waals surface area contributed by atoms with Gasteiger partial charge in [-0.15, -0.1) is 0 Å². The SMILES string of the molecule is CCCC[C@H](C)/C=C/C(C)=C/C[C@H](C)C/C=C/C=C/C(=O)O. The highest BCUT2D eigenvalue weighted by atomic mass is 16.4. The monoisotopic (exact) mass is 304 g/mol. The van der Waals surface area contributed by atoms with Crippen molar-refractivity contribution in [1.29, 1.82) is 0 Å². The molecule has 0 radical (unpaired) electrons. The highest BCUT2D eigenvalue weighted by molar-refractivity contribution is 5.80. The fraction of sp³-hybridized carbons (Fsp3) is 0.550. The van der Waals surface area contributed by atoms with Gasteiger partial charge in [-0.05, 0) is 38.0 Å². The molecule has 0 aliphatic heterocycles. The number of allylic oxidation sites excluding steroid dienone is 7. The summed E-state index contributed by atoms with van der Waals surface area (Å²) in [5.41, 5.74) is 1.32. The third-order valence-corrected chi connectivity index (χ3v) is 3.57. The smallest absolute Gasteiger partial charge is 0.328 e. The summed E-state index contributed by atoms with van der Waals surface area (Å²) in [6.07, 6.45) is 19.2. The second-order valence-electron chi connectivity index (χ2n) is 6.13.